The van der Waals surface area contributed by atoms with E-state index in [1.165, 1.54) is 6.26 Å². The molecular weight excluding hydrogens is 268 g/mol. The molecule has 4 heterocycles. The summed E-state index contributed by atoms with van der Waals surface area (Å²) in [5.74, 6) is 0.694. The zero-order chi connectivity index (χ0) is 11.9. The summed E-state index contributed by atoms with van der Waals surface area (Å²) in [6.45, 7) is 1.30. The fourth-order valence-electron chi connectivity index (χ4n) is 2.23. The van der Waals surface area contributed by atoms with Crippen LogP contribution in [-0.2, 0) is 17.8 Å². The van der Waals surface area contributed by atoms with Gasteiger partial charge in [0.2, 0.25) is 0 Å². The van der Waals surface area contributed by atoms with E-state index in [1.807, 2.05) is 6.20 Å². The number of aromatic amines is 1. The lowest BCUT2D eigenvalue weighted by molar-refractivity contribution is 0.110. The minimum Gasteiger partial charge on any atom is -0.376 e. The third-order valence-corrected chi connectivity index (χ3v) is 3.13. The number of hydrogen-bond donors (Lipinski definition) is 1. The molecule has 0 atom stereocenters. The molecule has 1 N–H and O–H groups in total. The Balaban J connectivity index is 0.00000110. The molecule has 0 unspecified atom stereocenters. The van der Waals surface area contributed by atoms with E-state index in [0.29, 0.717) is 18.1 Å². The predicted molar refractivity (Wildman–Crippen MR) is 70.0 cm³/mol. The third-order valence-electron chi connectivity index (χ3n) is 3.13. The molecule has 0 spiro atoms. The Bertz CT molecular complexity index is 708. The smallest absolute Gasteiger partial charge is 0.160 e. The lowest BCUT2D eigenvalue weighted by atomic mass is 10.1. The zero-order valence-electron chi connectivity index (χ0n) is 9.92. The van der Waals surface area contributed by atoms with Gasteiger partial charge in [0, 0.05) is 18.1 Å². The summed E-state index contributed by atoms with van der Waals surface area (Å²) in [6, 6.07) is 1.77. The fraction of sp³-hybridized carbons (Fsp3) is 0.250. The van der Waals surface area contributed by atoms with Crippen LogP contribution in [0, 0.1) is 0 Å². The number of ether oxygens (including phenoxy) is 1. The van der Waals surface area contributed by atoms with Crippen molar-refractivity contribution < 1.29 is 9.26 Å². The van der Waals surface area contributed by atoms with Gasteiger partial charge in [-0.2, -0.15) is 0 Å². The summed E-state index contributed by atoms with van der Waals surface area (Å²) in [6.07, 6.45) is 4.19. The van der Waals surface area contributed by atoms with Crippen molar-refractivity contribution in [1.82, 2.24) is 20.1 Å². The molecule has 19 heavy (non-hydrogen) atoms. The highest BCUT2D eigenvalue weighted by molar-refractivity contribution is 5.85. The first-order valence-electron chi connectivity index (χ1n) is 5.77. The van der Waals surface area contributed by atoms with Crippen molar-refractivity contribution in [1.29, 1.82) is 0 Å². The summed E-state index contributed by atoms with van der Waals surface area (Å²) in [5, 5.41) is 3.87. The highest BCUT2D eigenvalue weighted by atomic mass is 35.5. The average Bonchev–Trinajstić information content (AvgIpc) is 3.07. The monoisotopic (exact) mass is 278 g/mol. The van der Waals surface area contributed by atoms with Crippen molar-refractivity contribution in [3.63, 3.8) is 0 Å². The molecule has 0 aliphatic carbocycles. The molecule has 0 aromatic carbocycles. The molecule has 6 nitrogen and oxygen atoms in total. The normalized spacial score (nSPS) is 14.1. The van der Waals surface area contributed by atoms with Crippen LogP contribution in [0.5, 0.6) is 0 Å². The van der Waals surface area contributed by atoms with Gasteiger partial charge >= 0.3 is 0 Å². The second-order valence-electron chi connectivity index (χ2n) is 4.22. The number of fused-ring (bicyclic) bond motifs is 3. The number of imidazole rings is 1. The third kappa shape index (κ3) is 1.89. The second kappa shape index (κ2) is 4.64. The van der Waals surface area contributed by atoms with E-state index in [4.69, 9.17) is 9.26 Å². The van der Waals surface area contributed by atoms with Gasteiger partial charge in [-0.1, -0.05) is 5.16 Å². The molecule has 4 rings (SSSR count). The first-order chi connectivity index (χ1) is 8.92. The molecule has 0 radical (unpaired) electrons. The molecule has 1 aliphatic heterocycles. The quantitative estimate of drug-likeness (QED) is 0.738. The van der Waals surface area contributed by atoms with E-state index >= 15 is 0 Å². The standard InChI is InChI=1S/C12H10N4O2.ClH/c1-3-17-6-7-8(1)13-5-10-11(7)15-12(14-10)9-2-4-18-16-9;/h2,4-5H,1,3,6H2,(H,14,15);1H. The van der Waals surface area contributed by atoms with Crippen LogP contribution in [0.15, 0.2) is 23.0 Å². The average molecular weight is 279 g/mol. The summed E-state index contributed by atoms with van der Waals surface area (Å²) < 4.78 is 10.3. The topological polar surface area (TPSA) is 76.8 Å². The van der Waals surface area contributed by atoms with Gasteiger partial charge in [-0.05, 0) is 0 Å². The SMILES string of the molecule is Cl.c1cc(-c2nc3c4c(ncc3[nH]2)CCOC4)no1. The maximum atomic E-state index is 5.48. The molecule has 0 amide bonds. The summed E-state index contributed by atoms with van der Waals surface area (Å²) >= 11 is 0. The van der Waals surface area contributed by atoms with Gasteiger partial charge < -0.3 is 14.2 Å². The lowest BCUT2D eigenvalue weighted by Gasteiger charge is -2.14. The van der Waals surface area contributed by atoms with E-state index in [0.717, 1.165) is 35.3 Å². The van der Waals surface area contributed by atoms with Crippen molar-refractivity contribution in [2.45, 2.75) is 13.0 Å². The Morgan fingerprint density at radius 3 is 3.11 bits per heavy atom. The maximum absolute atomic E-state index is 5.48. The number of hydrogen-bond acceptors (Lipinski definition) is 5. The van der Waals surface area contributed by atoms with Crippen LogP contribution in [0.25, 0.3) is 22.6 Å². The zero-order valence-corrected chi connectivity index (χ0v) is 10.7. The number of aromatic nitrogens is 4. The molecular formula is C12H11ClN4O2. The van der Waals surface area contributed by atoms with Gasteiger partial charge in [-0.3, -0.25) is 4.98 Å². The largest absolute Gasteiger partial charge is 0.376 e. The van der Waals surface area contributed by atoms with Crippen molar-refractivity contribution in [2.75, 3.05) is 6.61 Å². The first kappa shape index (κ1) is 12.1. The Labute approximate surface area is 114 Å². The second-order valence-corrected chi connectivity index (χ2v) is 4.22. The number of halogens is 1. The fourth-order valence-corrected chi connectivity index (χ4v) is 2.23. The molecule has 0 fully saturated rings. The molecule has 0 saturated heterocycles. The van der Waals surface area contributed by atoms with Crippen LogP contribution in [0.4, 0.5) is 0 Å². The van der Waals surface area contributed by atoms with E-state index < -0.39 is 0 Å². The Hall–Kier alpha value is -1.92. The molecule has 98 valence electrons. The molecule has 0 bridgehead atoms. The number of pyridine rings is 1. The van der Waals surface area contributed by atoms with E-state index in [9.17, 15) is 0 Å². The number of nitrogens with one attached hydrogen (secondary N) is 1. The van der Waals surface area contributed by atoms with Crippen LogP contribution in [0.3, 0.4) is 0 Å². The maximum Gasteiger partial charge on any atom is 0.160 e. The van der Waals surface area contributed by atoms with Crippen LogP contribution >= 0.6 is 12.4 Å². The summed E-state index contributed by atoms with van der Waals surface area (Å²) in [4.78, 5) is 12.2. The van der Waals surface area contributed by atoms with Gasteiger partial charge in [-0.25, -0.2) is 4.98 Å². The number of nitrogens with zero attached hydrogens (tertiary/aromatic N) is 3. The van der Waals surface area contributed by atoms with Gasteiger partial charge in [-0.15, -0.1) is 12.4 Å². The highest BCUT2D eigenvalue weighted by Gasteiger charge is 2.18. The molecule has 0 saturated carbocycles. The van der Waals surface area contributed by atoms with Crippen LogP contribution in [0.2, 0.25) is 0 Å². The number of rotatable bonds is 1. The molecule has 3 aromatic heterocycles. The predicted octanol–water partition coefficient (Wildman–Crippen LogP) is 2.11. The van der Waals surface area contributed by atoms with Crippen molar-refractivity contribution in [2.24, 2.45) is 0 Å². The minimum absolute atomic E-state index is 0. The van der Waals surface area contributed by atoms with E-state index in [2.05, 4.69) is 20.1 Å². The minimum atomic E-state index is 0. The highest BCUT2D eigenvalue weighted by Crippen LogP contribution is 2.25. The number of H-pyrrole nitrogens is 1. The lowest BCUT2D eigenvalue weighted by Crippen LogP contribution is -2.11. The first-order valence-corrected chi connectivity index (χ1v) is 5.77. The van der Waals surface area contributed by atoms with Crippen molar-refractivity contribution >= 4 is 23.4 Å². The van der Waals surface area contributed by atoms with E-state index in [1.54, 1.807) is 6.07 Å². The molecule has 1 aliphatic rings. The summed E-state index contributed by atoms with van der Waals surface area (Å²) in [5.41, 5.74) is 4.66. The van der Waals surface area contributed by atoms with Crippen LogP contribution in [-0.4, -0.2) is 26.7 Å². The Kier molecular flexibility index (Phi) is 2.96. The Morgan fingerprint density at radius 1 is 1.32 bits per heavy atom. The van der Waals surface area contributed by atoms with Gasteiger partial charge in [0.05, 0.1) is 36.1 Å². The Morgan fingerprint density at radius 2 is 2.26 bits per heavy atom. The van der Waals surface area contributed by atoms with Gasteiger partial charge in [0.25, 0.3) is 0 Å². The van der Waals surface area contributed by atoms with Crippen molar-refractivity contribution in [3.8, 4) is 11.5 Å². The van der Waals surface area contributed by atoms with Crippen LogP contribution in [0.1, 0.15) is 11.3 Å². The van der Waals surface area contributed by atoms with Gasteiger partial charge in [0.1, 0.15) is 12.0 Å². The van der Waals surface area contributed by atoms with Crippen molar-refractivity contribution in [3.05, 3.63) is 29.8 Å². The molecule has 3 aromatic rings. The van der Waals surface area contributed by atoms with E-state index in [-0.39, 0.29) is 12.4 Å². The van der Waals surface area contributed by atoms with Crippen LogP contribution < -0.4 is 0 Å². The summed E-state index contributed by atoms with van der Waals surface area (Å²) in [7, 11) is 0. The van der Waals surface area contributed by atoms with Gasteiger partial charge in [0.15, 0.2) is 5.82 Å². The molecule has 7 heteroatoms.